The quantitative estimate of drug-likeness (QED) is 0.576. The van der Waals surface area contributed by atoms with Crippen LogP contribution in [0.4, 0.5) is 0 Å². The van der Waals surface area contributed by atoms with Crippen molar-refractivity contribution in [3.63, 3.8) is 0 Å². The highest BCUT2D eigenvalue weighted by molar-refractivity contribution is 6.73. The third kappa shape index (κ3) is 3.01. The highest BCUT2D eigenvalue weighted by atomic mass is 28.4. The monoisotopic (exact) mass is 159 g/mol. The second-order valence-corrected chi connectivity index (χ2v) is 7.80. The van der Waals surface area contributed by atoms with E-state index in [4.69, 9.17) is 4.43 Å². The highest BCUT2D eigenvalue weighted by Crippen LogP contribution is 2.20. The Morgan fingerprint density at radius 3 is 2.00 bits per heavy atom. The van der Waals surface area contributed by atoms with E-state index in [9.17, 15) is 4.79 Å². The third-order valence-electron chi connectivity index (χ3n) is 1.77. The molecule has 0 aliphatic rings. The fourth-order valence-electron chi connectivity index (χ4n) is 0.411. The van der Waals surface area contributed by atoms with Gasteiger partial charge in [-0.15, -0.1) is 0 Å². The summed E-state index contributed by atoms with van der Waals surface area (Å²) in [6, 6.07) is 0. The molecule has 0 aromatic carbocycles. The van der Waals surface area contributed by atoms with E-state index in [1.54, 1.807) is 0 Å². The maximum atomic E-state index is 10.5. The van der Waals surface area contributed by atoms with Crippen LogP contribution in [-0.4, -0.2) is 14.3 Å². The SMILES string of the molecule is [CH2]C(=O)O[Si](C)(C)C(C)C. The standard InChI is InChI=1S/C7H15O2Si/c1-6(2)10(4,5)9-7(3)8/h6H,3H2,1-2,4-5H3. The van der Waals surface area contributed by atoms with Gasteiger partial charge >= 0.3 is 0 Å². The van der Waals surface area contributed by atoms with E-state index >= 15 is 0 Å². The van der Waals surface area contributed by atoms with Gasteiger partial charge in [0.05, 0.1) is 6.92 Å². The first kappa shape index (κ1) is 9.69. The molecule has 0 saturated heterocycles. The molecule has 2 nitrogen and oxygen atoms in total. The summed E-state index contributed by atoms with van der Waals surface area (Å²) in [5.74, 6) is -0.398. The predicted octanol–water partition coefficient (Wildman–Crippen LogP) is 1.98. The maximum absolute atomic E-state index is 10.5. The second kappa shape index (κ2) is 3.19. The number of hydrogen-bond acceptors (Lipinski definition) is 2. The third-order valence-corrected chi connectivity index (χ3v) is 5.30. The summed E-state index contributed by atoms with van der Waals surface area (Å²) in [5.41, 5.74) is 0.457. The van der Waals surface area contributed by atoms with Gasteiger partial charge in [-0.3, -0.25) is 4.79 Å². The molecule has 1 radical (unpaired) electrons. The lowest BCUT2D eigenvalue weighted by molar-refractivity contribution is -0.130. The minimum absolute atomic E-state index is 0.398. The lowest BCUT2D eigenvalue weighted by atomic mass is 10.6. The zero-order valence-corrected chi connectivity index (χ0v) is 8.10. The Balaban J connectivity index is 3.99. The topological polar surface area (TPSA) is 26.3 Å². The van der Waals surface area contributed by atoms with Crippen LogP contribution in [-0.2, 0) is 9.22 Å². The van der Waals surface area contributed by atoms with Crippen molar-refractivity contribution in [2.75, 3.05) is 0 Å². The minimum atomic E-state index is -1.76. The van der Waals surface area contributed by atoms with E-state index in [-0.39, 0.29) is 0 Å². The van der Waals surface area contributed by atoms with Crippen molar-refractivity contribution in [1.29, 1.82) is 0 Å². The van der Waals surface area contributed by atoms with Crippen LogP contribution < -0.4 is 0 Å². The number of carbonyl (C=O) groups excluding carboxylic acids is 1. The molecule has 10 heavy (non-hydrogen) atoms. The Morgan fingerprint density at radius 1 is 1.50 bits per heavy atom. The smallest absolute Gasteiger partial charge is 0.293 e. The normalized spacial score (nSPS) is 11.8. The molecule has 0 rings (SSSR count). The van der Waals surface area contributed by atoms with E-state index < -0.39 is 14.3 Å². The van der Waals surface area contributed by atoms with Gasteiger partial charge in [0, 0.05) is 0 Å². The highest BCUT2D eigenvalue weighted by Gasteiger charge is 2.29. The van der Waals surface area contributed by atoms with Crippen LogP contribution in [0.3, 0.4) is 0 Å². The predicted molar refractivity (Wildman–Crippen MR) is 44.0 cm³/mol. The van der Waals surface area contributed by atoms with Crippen molar-refractivity contribution in [2.45, 2.75) is 32.5 Å². The van der Waals surface area contributed by atoms with Gasteiger partial charge in [0.15, 0.2) is 0 Å². The van der Waals surface area contributed by atoms with Gasteiger partial charge in [-0.25, -0.2) is 0 Å². The maximum Gasteiger partial charge on any atom is 0.293 e. The summed E-state index contributed by atoms with van der Waals surface area (Å²) >= 11 is 0. The lowest BCUT2D eigenvalue weighted by Gasteiger charge is -2.25. The molecule has 0 N–H and O–H groups in total. The Morgan fingerprint density at radius 2 is 1.90 bits per heavy atom. The Bertz CT molecular complexity index is 130. The van der Waals surface area contributed by atoms with Gasteiger partial charge < -0.3 is 4.43 Å². The first-order valence-corrected chi connectivity index (χ1v) is 6.39. The van der Waals surface area contributed by atoms with Crippen molar-refractivity contribution in [2.24, 2.45) is 0 Å². The van der Waals surface area contributed by atoms with E-state index in [1.807, 2.05) is 13.1 Å². The molecule has 0 heterocycles. The fourth-order valence-corrected chi connectivity index (χ4v) is 1.23. The van der Waals surface area contributed by atoms with Crippen molar-refractivity contribution >= 4 is 14.3 Å². The average molecular weight is 159 g/mol. The molecule has 0 spiro atoms. The van der Waals surface area contributed by atoms with Gasteiger partial charge in [-0.2, -0.15) is 0 Å². The lowest BCUT2D eigenvalue weighted by Crippen LogP contribution is -2.35. The van der Waals surface area contributed by atoms with Crippen LogP contribution in [0.2, 0.25) is 18.6 Å². The zero-order valence-electron chi connectivity index (χ0n) is 7.10. The van der Waals surface area contributed by atoms with Gasteiger partial charge in [0.2, 0.25) is 0 Å². The number of carbonyl (C=O) groups is 1. The van der Waals surface area contributed by atoms with Gasteiger partial charge in [0.25, 0.3) is 14.3 Å². The van der Waals surface area contributed by atoms with E-state index in [0.717, 1.165) is 0 Å². The molecule has 3 heteroatoms. The molecule has 0 atom stereocenters. The second-order valence-electron chi connectivity index (χ2n) is 3.23. The summed E-state index contributed by atoms with van der Waals surface area (Å²) in [6.45, 7) is 11.3. The van der Waals surface area contributed by atoms with Crippen LogP contribution in [0.5, 0.6) is 0 Å². The molecule has 0 aromatic rings. The molecular formula is C7H15O2Si. The molecular weight excluding hydrogens is 144 g/mol. The summed E-state index contributed by atoms with van der Waals surface area (Å²) < 4.78 is 5.09. The molecule has 59 valence electrons. The van der Waals surface area contributed by atoms with Crippen LogP contribution >= 0.6 is 0 Å². The zero-order chi connectivity index (χ0) is 8.36. The van der Waals surface area contributed by atoms with E-state index in [0.29, 0.717) is 5.54 Å². The van der Waals surface area contributed by atoms with Crippen molar-refractivity contribution in [3.8, 4) is 0 Å². The van der Waals surface area contributed by atoms with E-state index in [2.05, 4.69) is 20.8 Å². The fraction of sp³-hybridized carbons (Fsp3) is 0.714. The summed E-state index contributed by atoms with van der Waals surface area (Å²) in [6.07, 6.45) is 0. The number of hydrogen-bond donors (Lipinski definition) is 0. The van der Waals surface area contributed by atoms with Crippen molar-refractivity contribution < 1.29 is 9.22 Å². The van der Waals surface area contributed by atoms with Crippen LogP contribution in [0.1, 0.15) is 13.8 Å². The van der Waals surface area contributed by atoms with Crippen LogP contribution in [0, 0.1) is 6.92 Å². The summed E-state index contributed by atoms with van der Waals surface area (Å²) in [7, 11) is -1.76. The molecule has 0 fully saturated rings. The molecule has 0 aliphatic carbocycles. The Labute approximate surface area is 63.7 Å². The summed E-state index contributed by atoms with van der Waals surface area (Å²) in [5, 5.41) is 0. The summed E-state index contributed by atoms with van der Waals surface area (Å²) in [4.78, 5) is 10.5. The molecule has 0 saturated carbocycles. The molecule has 0 bridgehead atoms. The molecule has 0 aliphatic heterocycles. The van der Waals surface area contributed by atoms with E-state index in [1.165, 1.54) is 0 Å². The van der Waals surface area contributed by atoms with Gasteiger partial charge in [0.1, 0.15) is 0 Å². The van der Waals surface area contributed by atoms with Crippen molar-refractivity contribution in [3.05, 3.63) is 6.92 Å². The van der Waals surface area contributed by atoms with Crippen molar-refractivity contribution in [1.82, 2.24) is 0 Å². The van der Waals surface area contributed by atoms with Crippen LogP contribution in [0.25, 0.3) is 0 Å². The molecule has 0 amide bonds. The van der Waals surface area contributed by atoms with Gasteiger partial charge in [-0.1, -0.05) is 13.8 Å². The first-order valence-electron chi connectivity index (χ1n) is 3.41. The molecule has 0 aromatic heterocycles. The Kier molecular flexibility index (Phi) is 3.09. The molecule has 0 unspecified atom stereocenters. The minimum Gasteiger partial charge on any atom is -0.519 e. The van der Waals surface area contributed by atoms with Crippen LogP contribution in [0.15, 0.2) is 0 Å². The van der Waals surface area contributed by atoms with Gasteiger partial charge in [-0.05, 0) is 18.6 Å². The first-order chi connectivity index (χ1) is 4.36. The number of rotatable bonds is 2. The largest absolute Gasteiger partial charge is 0.519 e. The average Bonchev–Trinajstić information content (AvgIpc) is 1.60. The Hall–Kier alpha value is -0.313.